The molecule has 0 radical (unpaired) electrons. The first-order valence-electron chi connectivity index (χ1n) is 6.23. The zero-order chi connectivity index (χ0) is 15.8. The molecule has 0 amide bonds. The predicted octanol–water partition coefficient (Wildman–Crippen LogP) is 1.98. The molecule has 21 heavy (non-hydrogen) atoms. The first-order valence-corrected chi connectivity index (χ1v) is 7.77. The van der Waals surface area contributed by atoms with Gasteiger partial charge in [-0.25, -0.2) is 27.3 Å². The number of imidazole rings is 1. The molecule has 0 saturated carbocycles. The molecule has 2 rings (SSSR count). The van der Waals surface area contributed by atoms with Gasteiger partial charge < -0.3 is 4.57 Å². The van der Waals surface area contributed by atoms with Crippen molar-refractivity contribution in [1.82, 2.24) is 9.55 Å². The SMILES string of the molecule is CC(C)c1nc(S(N)(=O)=O)cn1Cc1c(F)cccc1F. The summed E-state index contributed by atoms with van der Waals surface area (Å²) < 4.78 is 51.5. The van der Waals surface area contributed by atoms with Crippen molar-refractivity contribution in [3.8, 4) is 0 Å². The highest BCUT2D eigenvalue weighted by Gasteiger charge is 2.20. The van der Waals surface area contributed by atoms with Crippen molar-refractivity contribution < 1.29 is 17.2 Å². The molecular formula is C13H15F2N3O2S. The second kappa shape index (κ2) is 5.53. The van der Waals surface area contributed by atoms with Crippen LogP contribution in [0.25, 0.3) is 0 Å². The van der Waals surface area contributed by atoms with Gasteiger partial charge in [-0.1, -0.05) is 19.9 Å². The van der Waals surface area contributed by atoms with Crippen molar-refractivity contribution >= 4 is 10.0 Å². The first-order chi connectivity index (χ1) is 9.70. The van der Waals surface area contributed by atoms with Gasteiger partial charge in [-0.15, -0.1) is 0 Å². The van der Waals surface area contributed by atoms with Gasteiger partial charge in [-0.3, -0.25) is 0 Å². The fraction of sp³-hybridized carbons (Fsp3) is 0.308. The summed E-state index contributed by atoms with van der Waals surface area (Å²) in [5.74, 6) is -1.14. The van der Waals surface area contributed by atoms with E-state index in [2.05, 4.69) is 4.98 Å². The maximum absolute atomic E-state index is 13.7. The lowest BCUT2D eigenvalue weighted by molar-refractivity contribution is 0.537. The van der Waals surface area contributed by atoms with E-state index in [-0.39, 0.29) is 23.1 Å². The normalized spacial score (nSPS) is 12.1. The lowest BCUT2D eigenvalue weighted by Crippen LogP contribution is -2.12. The van der Waals surface area contributed by atoms with E-state index in [1.54, 1.807) is 13.8 Å². The third kappa shape index (κ3) is 3.27. The number of nitrogens with two attached hydrogens (primary N) is 1. The Labute approximate surface area is 121 Å². The van der Waals surface area contributed by atoms with Crippen molar-refractivity contribution in [3.05, 3.63) is 47.4 Å². The monoisotopic (exact) mass is 315 g/mol. The molecule has 0 atom stereocenters. The number of hydrogen-bond acceptors (Lipinski definition) is 3. The average Bonchev–Trinajstić information content (AvgIpc) is 2.78. The number of rotatable bonds is 4. The molecule has 8 heteroatoms. The lowest BCUT2D eigenvalue weighted by atomic mass is 10.1. The van der Waals surface area contributed by atoms with Crippen molar-refractivity contribution in [1.29, 1.82) is 0 Å². The van der Waals surface area contributed by atoms with Crippen LogP contribution in [0.15, 0.2) is 29.4 Å². The Balaban J connectivity index is 2.51. The van der Waals surface area contributed by atoms with E-state index in [0.717, 1.165) is 12.1 Å². The van der Waals surface area contributed by atoms with Crippen LogP contribution in [0.4, 0.5) is 8.78 Å². The van der Waals surface area contributed by atoms with Gasteiger partial charge in [0.15, 0.2) is 5.03 Å². The molecule has 114 valence electrons. The molecule has 0 aliphatic rings. The number of primary sulfonamides is 1. The van der Waals surface area contributed by atoms with Gasteiger partial charge in [0.25, 0.3) is 10.0 Å². The minimum atomic E-state index is -3.97. The predicted molar refractivity (Wildman–Crippen MR) is 73.1 cm³/mol. The van der Waals surface area contributed by atoms with E-state index in [1.165, 1.54) is 16.8 Å². The Morgan fingerprint density at radius 3 is 2.33 bits per heavy atom. The van der Waals surface area contributed by atoms with Gasteiger partial charge in [0.05, 0.1) is 6.54 Å². The average molecular weight is 315 g/mol. The Morgan fingerprint density at radius 1 is 1.29 bits per heavy atom. The summed E-state index contributed by atoms with van der Waals surface area (Å²) in [4.78, 5) is 3.94. The van der Waals surface area contributed by atoms with Crippen molar-refractivity contribution in [2.24, 2.45) is 5.14 Å². The molecule has 1 aromatic carbocycles. The van der Waals surface area contributed by atoms with Gasteiger partial charge in [0, 0.05) is 17.7 Å². The first kappa shape index (κ1) is 15.6. The number of sulfonamides is 1. The highest BCUT2D eigenvalue weighted by Crippen LogP contribution is 2.20. The summed E-state index contributed by atoms with van der Waals surface area (Å²) >= 11 is 0. The van der Waals surface area contributed by atoms with Crippen LogP contribution in [0.2, 0.25) is 0 Å². The molecule has 0 saturated heterocycles. The van der Waals surface area contributed by atoms with Crippen LogP contribution >= 0.6 is 0 Å². The smallest absolute Gasteiger partial charge is 0.257 e. The summed E-state index contributed by atoms with van der Waals surface area (Å²) in [6.07, 6.45) is 1.19. The Bertz CT molecular complexity index is 749. The van der Waals surface area contributed by atoms with E-state index >= 15 is 0 Å². The highest BCUT2D eigenvalue weighted by molar-refractivity contribution is 7.89. The van der Waals surface area contributed by atoms with E-state index in [9.17, 15) is 17.2 Å². The lowest BCUT2D eigenvalue weighted by Gasteiger charge is -2.11. The molecule has 2 N–H and O–H groups in total. The Kier molecular flexibility index (Phi) is 4.11. The van der Waals surface area contributed by atoms with Gasteiger partial charge in [0.2, 0.25) is 0 Å². The highest BCUT2D eigenvalue weighted by atomic mass is 32.2. The Hall–Kier alpha value is -1.80. The largest absolute Gasteiger partial charge is 0.329 e. The van der Waals surface area contributed by atoms with Crippen LogP contribution in [-0.2, 0) is 16.6 Å². The molecule has 0 aliphatic carbocycles. The van der Waals surface area contributed by atoms with E-state index < -0.39 is 21.7 Å². The third-order valence-electron chi connectivity index (χ3n) is 2.98. The van der Waals surface area contributed by atoms with Crippen LogP contribution < -0.4 is 5.14 Å². The molecule has 0 fully saturated rings. The van der Waals surface area contributed by atoms with Crippen LogP contribution in [0.5, 0.6) is 0 Å². The second-order valence-electron chi connectivity index (χ2n) is 4.97. The van der Waals surface area contributed by atoms with Crippen LogP contribution in [0.3, 0.4) is 0 Å². The van der Waals surface area contributed by atoms with Gasteiger partial charge >= 0.3 is 0 Å². The van der Waals surface area contributed by atoms with Crippen LogP contribution in [0.1, 0.15) is 31.2 Å². The number of hydrogen-bond donors (Lipinski definition) is 1. The Morgan fingerprint density at radius 2 is 1.86 bits per heavy atom. The van der Waals surface area contributed by atoms with Crippen LogP contribution in [-0.4, -0.2) is 18.0 Å². The van der Waals surface area contributed by atoms with E-state index in [0.29, 0.717) is 5.82 Å². The van der Waals surface area contributed by atoms with Crippen molar-refractivity contribution in [2.45, 2.75) is 31.3 Å². The minimum absolute atomic E-state index is 0.129. The molecule has 5 nitrogen and oxygen atoms in total. The van der Waals surface area contributed by atoms with E-state index in [4.69, 9.17) is 5.14 Å². The van der Waals surface area contributed by atoms with Crippen LogP contribution in [0, 0.1) is 11.6 Å². The quantitative estimate of drug-likeness (QED) is 0.937. The molecule has 0 unspecified atom stereocenters. The third-order valence-corrected chi connectivity index (χ3v) is 3.76. The zero-order valence-corrected chi connectivity index (χ0v) is 12.4. The molecule has 2 aromatic rings. The van der Waals surface area contributed by atoms with Gasteiger partial charge in [0.1, 0.15) is 17.5 Å². The second-order valence-corrected chi connectivity index (χ2v) is 6.47. The number of aromatic nitrogens is 2. The summed E-state index contributed by atoms with van der Waals surface area (Å²) in [5.41, 5.74) is -0.155. The maximum atomic E-state index is 13.7. The summed E-state index contributed by atoms with van der Waals surface area (Å²) in [6, 6.07) is 3.55. The fourth-order valence-electron chi connectivity index (χ4n) is 1.98. The van der Waals surface area contributed by atoms with Gasteiger partial charge in [-0.2, -0.15) is 0 Å². The topological polar surface area (TPSA) is 78.0 Å². The van der Waals surface area contributed by atoms with Crippen molar-refractivity contribution in [3.63, 3.8) is 0 Å². The number of nitrogens with zero attached hydrogens (tertiary/aromatic N) is 2. The standard InChI is InChI=1S/C13H15F2N3O2S/c1-8(2)13-17-12(21(16,19)20)7-18(13)6-9-10(14)4-3-5-11(9)15/h3-5,7-8H,6H2,1-2H3,(H2,16,19,20). The summed E-state index contributed by atoms with van der Waals surface area (Å²) in [5, 5.41) is 4.72. The molecule has 0 bridgehead atoms. The summed E-state index contributed by atoms with van der Waals surface area (Å²) in [6.45, 7) is 3.43. The molecule has 0 aliphatic heterocycles. The molecule has 1 aromatic heterocycles. The van der Waals surface area contributed by atoms with Crippen molar-refractivity contribution in [2.75, 3.05) is 0 Å². The molecule has 1 heterocycles. The fourth-order valence-corrected chi connectivity index (χ4v) is 2.48. The number of benzene rings is 1. The number of halogens is 2. The van der Waals surface area contributed by atoms with Gasteiger partial charge in [-0.05, 0) is 12.1 Å². The molecule has 0 spiro atoms. The molecular weight excluding hydrogens is 300 g/mol. The minimum Gasteiger partial charge on any atom is -0.329 e. The maximum Gasteiger partial charge on any atom is 0.257 e. The summed E-state index contributed by atoms with van der Waals surface area (Å²) in [7, 11) is -3.97. The van der Waals surface area contributed by atoms with E-state index in [1.807, 2.05) is 0 Å². The zero-order valence-electron chi connectivity index (χ0n) is 11.5.